The zero-order chi connectivity index (χ0) is 22.3. The van der Waals surface area contributed by atoms with Gasteiger partial charge in [-0.1, -0.05) is 0 Å². The number of hydrazine groups is 1. The van der Waals surface area contributed by atoms with Gasteiger partial charge >= 0.3 is 6.03 Å². The minimum absolute atomic E-state index is 0.0465. The van der Waals surface area contributed by atoms with Crippen LogP contribution in [-0.2, 0) is 0 Å². The van der Waals surface area contributed by atoms with Crippen LogP contribution in [0.4, 0.5) is 34.0 Å². The van der Waals surface area contributed by atoms with E-state index in [-0.39, 0.29) is 11.6 Å². The number of amides is 2. The lowest BCUT2D eigenvalue weighted by molar-refractivity contribution is -0.384. The molecule has 32 heavy (non-hydrogen) atoms. The predicted molar refractivity (Wildman–Crippen MR) is 121 cm³/mol. The Hall–Kier alpha value is -3.70. The van der Waals surface area contributed by atoms with Crippen molar-refractivity contribution in [1.82, 2.24) is 20.4 Å². The molecule has 0 saturated carbocycles. The molecule has 3 heterocycles. The van der Waals surface area contributed by atoms with Gasteiger partial charge in [-0.3, -0.25) is 15.5 Å². The van der Waals surface area contributed by atoms with Crippen LogP contribution in [0.25, 0.3) is 0 Å². The lowest BCUT2D eigenvalue weighted by Crippen LogP contribution is -2.37. The first-order valence-corrected chi connectivity index (χ1v) is 10.9. The fourth-order valence-corrected chi connectivity index (χ4v) is 3.82. The first-order valence-electron chi connectivity index (χ1n) is 10.9. The molecule has 2 aliphatic rings. The highest BCUT2D eigenvalue weighted by atomic mass is 16.6. The number of carbonyl (C=O) groups excluding carboxylic acids is 1. The number of rotatable bonds is 6. The summed E-state index contributed by atoms with van der Waals surface area (Å²) >= 11 is 0. The molecule has 1 aromatic heterocycles. The number of carbonyl (C=O) groups is 1. The molecule has 0 atom stereocenters. The van der Waals surface area contributed by atoms with E-state index in [9.17, 15) is 14.9 Å². The molecule has 2 amide bonds. The second-order valence-electron chi connectivity index (χ2n) is 7.86. The third-order valence-corrected chi connectivity index (χ3v) is 5.51. The number of nitro groups is 1. The van der Waals surface area contributed by atoms with E-state index >= 15 is 0 Å². The summed E-state index contributed by atoms with van der Waals surface area (Å²) in [5, 5.41) is 13.4. The van der Waals surface area contributed by atoms with Crippen LogP contribution in [0, 0.1) is 10.1 Å². The summed E-state index contributed by atoms with van der Waals surface area (Å²) in [6.45, 7) is 3.60. The average molecular weight is 441 g/mol. The molecule has 12 heteroatoms. The summed E-state index contributed by atoms with van der Waals surface area (Å²) in [7, 11) is 0. The second-order valence-corrected chi connectivity index (χ2v) is 7.86. The third-order valence-electron chi connectivity index (χ3n) is 5.51. The van der Waals surface area contributed by atoms with E-state index in [4.69, 9.17) is 4.98 Å². The highest BCUT2D eigenvalue weighted by Gasteiger charge is 2.20. The number of anilines is 4. The van der Waals surface area contributed by atoms with Crippen LogP contribution in [0.3, 0.4) is 0 Å². The van der Waals surface area contributed by atoms with Gasteiger partial charge in [-0.25, -0.2) is 10.2 Å². The first-order chi connectivity index (χ1) is 15.6. The van der Waals surface area contributed by atoms with Crippen molar-refractivity contribution in [3.63, 3.8) is 0 Å². The third kappa shape index (κ3) is 5.50. The minimum atomic E-state index is -0.543. The van der Waals surface area contributed by atoms with Gasteiger partial charge in [0.15, 0.2) is 0 Å². The Kier molecular flexibility index (Phi) is 6.78. The Bertz CT molecular complexity index is 906. The lowest BCUT2D eigenvalue weighted by Gasteiger charge is -2.30. The second kappa shape index (κ2) is 10.1. The SMILES string of the molecule is O=C(NNc1nc(N2CCCCC2)nc(N2CCCCC2)n1)Nc1ccc([N+](=O)[O-])cc1. The zero-order valence-electron chi connectivity index (χ0n) is 17.8. The largest absolute Gasteiger partial charge is 0.341 e. The van der Waals surface area contributed by atoms with Gasteiger partial charge in [-0.15, -0.1) is 0 Å². The van der Waals surface area contributed by atoms with Crippen molar-refractivity contribution in [3.8, 4) is 0 Å². The molecule has 1 aromatic carbocycles. The summed E-state index contributed by atoms with van der Waals surface area (Å²) in [6.07, 6.45) is 6.81. The fraction of sp³-hybridized carbons (Fsp3) is 0.500. The summed E-state index contributed by atoms with van der Waals surface area (Å²) < 4.78 is 0. The summed E-state index contributed by atoms with van der Waals surface area (Å²) in [6, 6.07) is 5.03. The molecular formula is C20H27N9O3. The van der Waals surface area contributed by atoms with Crippen molar-refractivity contribution < 1.29 is 9.72 Å². The molecule has 2 saturated heterocycles. The summed E-state index contributed by atoms with van der Waals surface area (Å²) in [5.74, 6) is 1.49. The number of urea groups is 1. The Morgan fingerprint density at radius 3 is 1.88 bits per heavy atom. The normalized spacial score (nSPS) is 16.4. The van der Waals surface area contributed by atoms with Gasteiger partial charge in [0.2, 0.25) is 17.8 Å². The van der Waals surface area contributed by atoms with Crippen LogP contribution in [0.1, 0.15) is 38.5 Å². The number of nitrogens with one attached hydrogen (secondary N) is 3. The Labute approximate surface area is 185 Å². The van der Waals surface area contributed by atoms with Crippen LogP contribution >= 0.6 is 0 Å². The van der Waals surface area contributed by atoms with Crippen molar-refractivity contribution in [2.45, 2.75) is 38.5 Å². The minimum Gasteiger partial charge on any atom is -0.341 e. The van der Waals surface area contributed by atoms with Crippen molar-refractivity contribution in [2.24, 2.45) is 0 Å². The average Bonchev–Trinajstić information content (AvgIpc) is 2.84. The number of aromatic nitrogens is 3. The Morgan fingerprint density at radius 2 is 1.38 bits per heavy atom. The highest BCUT2D eigenvalue weighted by molar-refractivity contribution is 5.89. The van der Waals surface area contributed by atoms with E-state index in [1.807, 2.05) is 0 Å². The molecule has 0 unspecified atom stereocenters. The number of piperidine rings is 2. The van der Waals surface area contributed by atoms with Gasteiger partial charge in [0.05, 0.1) is 4.92 Å². The molecule has 0 spiro atoms. The highest BCUT2D eigenvalue weighted by Crippen LogP contribution is 2.22. The van der Waals surface area contributed by atoms with E-state index in [0.29, 0.717) is 17.6 Å². The monoisotopic (exact) mass is 441 g/mol. The molecule has 2 fully saturated rings. The van der Waals surface area contributed by atoms with Crippen LogP contribution < -0.4 is 26.0 Å². The van der Waals surface area contributed by atoms with E-state index in [1.54, 1.807) is 0 Å². The molecule has 3 N–H and O–H groups in total. The predicted octanol–water partition coefficient (Wildman–Crippen LogP) is 2.91. The van der Waals surface area contributed by atoms with Crippen molar-refractivity contribution in [3.05, 3.63) is 34.4 Å². The van der Waals surface area contributed by atoms with Gasteiger partial charge < -0.3 is 15.1 Å². The van der Waals surface area contributed by atoms with Crippen molar-refractivity contribution in [2.75, 3.05) is 46.7 Å². The van der Waals surface area contributed by atoms with E-state index in [0.717, 1.165) is 51.9 Å². The lowest BCUT2D eigenvalue weighted by atomic mass is 10.1. The number of nitro benzene ring substituents is 1. The van der Waals surface area contributed by atoms with Gasteiger partial charge in [0.25, 0.3) is 5.69 Å². The fourth-order valence-electron chi connectivity index (χ4n) is 3.82. The summed E-state index contributed by atoms with van der Waals surface area (Å²) in [4.78, 5) is 40.6. The van der Waals surface area contributed by atoms with Crippen LogP contribution in [-0.4, -0.2) is 52.1 Å². The molecule has 0 radical (unpaired) electrons. The maximum atomic E-state index is 12.3. The van der Waals surface area contributed by atoms with Crippen molar-refractivity contribution >= 4 is 35.3 Å². The van der Waals surface area contributed by atoms with Crippen LogP contribution in [0.2, 0.25) is 0 Å². The van der Waals surface area contributed by atoms with Gasteiger partial charge in [-0.05, 0) is 50.7 Å². The number of hydrogen-bond acceptors (Lipinski definition) is 9. The molecule has 2 aromatic rings. The molecule has 170 valence electrons. The van der Waals surface area contributed by atoms with Gasteiger partial charge in [0, 0.05) is 44.0 Å². The maximum Gasteiger partial charge on any atom is 0.337 e. The molecular weight excluding hydrogens is 414 g/mol. The quantitative estimate of drug-likeness (QED) is 0.455. The van der Waals surface area contributed by atoms with E-state index in [2.05, 4.69) is 35.9 Å². The smallest absolute Gasteiger partial charge is 0.337 e. The number of benzene rings is 1. The standard InChI is InChI=1S/C20H27N9O3/c30-20(21-15-7-9-16(10-8-15)29(31)32)26-25-17-22-18(27-11-3-1-4-12-27)24-19(23-17)28-13-5-2-6-14-28/h7-10H,1-6,11-14H2,(H2,21,26,30)(H,22,23,24,25). The Balaban J connectivity index is 1.43. The number of nitrogens with zero attached hydrogens (tertiary/aromatic N) is 6. The summed E-state index contributed by atoms with van der Waals surface area (Å²) in [5.41, 5.74) is 5.67. The first kappa shape index (κ1) is 21.5. The van der Waals surface area contributed by atoms with Gasteiger partial charge in [-0.2, -0.15) is 15.0 Å². The topological polar surface area (TPSA) is 141 Å². The van der Waals surface area contributed by atoms with E-state index < -0.39 is 11.0 Å². The number of non-ortho nitro benzene ring substituents is 1. The number of hydrogen-bond donors (Lipinski definition) is 3. The molecule has 0 bridgehead atoms. The van der Waals surface area contributed by atoms with Crippen molar-refractivity contribution in [1.29, 1.82) is 0 Å². The maximum absolute atomic E-state index is 12.3. The Morgan fingerprint density at radius 1 is 0.844 bits per heavy atom. The van der Waals surface area contributed by atoms with Crippen LogP contribution in [0.15, 0.2) is 24.3 Å². The molecule has 12 nitrogen and oxygen atoms in total. The van der Waals surface area contributed by atoms with Crippen LogP contribution in [0.5, 0.6) is 0 Å². The van der Waals surface area contributed by atoms with Gasteiger partial charge in [0.1, 0.15) is 0 Å². The molecule has 4 rings (SSSR count). The molecule has 0 aliphatic carbocycles. The zero-order valence-corrected chi connectivity index (χ0v) is 17.8. The van der Waals surface area contributed by atoms with E-state index in [1.165, 1.54) is 37.1 Å². The molecule has 2 aliphatic heterocycles.